The summed E-state index contributed by atoms with van der Waals surface area (Å²) in [6, 6.07) is 17.9. The molecule has 6 aliphatic rings. The van der Waals surface area contributed by atoms with Crippen LogP contribution in [0.2, 0.25) is 0 Å². The minimum Gasteiger partial charge on any atom is -0.489 e. The minimum absolute atomic E-state index is 0.0193. The molecule has 1 saturated carbocycles. The van der Waals surface area contributed by atoms with E-state index in [9.17, 15) is 14.9 Å². The summed E-state index contributed by atoms with van der Waals surface area (Å²) in [7, 11) is -4.77. The van der Waals surface area contributed by atoms with Gasteiger partial charge in [0.25, 0.3) is 11.6 Å². The Morgan fingerprint density at radius 2 is 1.84 bits per heavy atom. The van der Waals surface area contributed by atoms with Crippen LogP contribution in [0.5, 0.6) is 11.6 Å². The van der Waals surface area contributed by atoms with E-state index in [1.807, 2.05) is 30.9 Å². The number of anilines is 4. The summed E-state index contributed by atoms with van der Waals surface area (Å²) in [4.78, 5) is 40.3. The van der Waals surface area contributed by atoms with Crippen molar-refractivity contribution in [3.8, 4) is 11.6 Å². The fourth-order valence-electron chi connectivity index (χ4n) is 12.1. The Balaban J connectivity index is 1.00. The highest BCUT2D eigenvalue weighted by Crippen LogP contribution is 2.56. The number of nitro benzene ring substituents is 1. The second-order valence-corrected chi connectivity index (χ2v) is 22.2. The smallest absolute Gasteiger partial charge is 0.297 e. The lowest BCUT2D eigenvalue weighted by atomic mass is 9.59. The maximum Gasteiger partial charge on any atom is 0.297 e. The number of likely N-dealkylation sites (tertiary alicyclic amines) is 1. The maximum absolute atomic E-state index is 16.1. The molecule has 3 aromatic carbocycles. The molecule has 2 aromatic heterocycles. The molecule has 17 nitrogen and oxygen atoms in total. The van der Waals surface area contributed by atoms with Gasteiger partial charge in [0.05, 0.1) is 58.2 Å². The molecular formula is C52H60N8O9S. The van der Waals surface area contributed by atoms with E-state index in [0.717, 1.165) is 62.1 Å². The molecule has 4 N–H and O–H groups in total. The van der Waals surface area contributed by atoms with Crippen molar-refractivity contribution in [2.45, 2.75) is 112 Å². The molecule has 0 unspecified atom stereocenters. The van der Waals surface area contributed by atoms with Crippen molar-refractivity contribution in [1.82, 2.24) is 14.9 Å². The Morgan fingerprint density at radius 1 is 1.04 bits per heavy atom. The SMILES string of the molecule is C=C(C)c1ccccc1[C@@H]1CCCN1C1CC2(CCN(c3ccc(C(N)=O)c(N4c5cc6cc[nH]c6nc5O[C@H]5COCC[C@H]54)c3S(=O)(=O)c3cc4c(c([N+](=O)[O-])c3)N[C@@H](COC(C)C)CO4)CC2)C1. The van der Waals surface area contributed by atoms with Crippen molar-refractivity contribution < 1.29 is 37.1 Å². The molecule has 70 heavy (non-hydrogen) atoms. The molecule has 18 heteroatoms. The number of pyridine rings is 1. The zero-order chi connectivity index (χ0) is 48.6. The van der Waals surface area contributed by atoms with Crippen LogP contribution >= 0.6 is 0 Å². The van der Waals surface area contributed by atoms with Gasteiger partial charge >= 0.3 is 0 Å². The molecule has 1 spiro atoms. The number of piperidine rings is 1. The van der Waals surface area contributed by atoms with E-state index in [-0.39, 0.29) is 69.7 Å². The van der Waals surface area contributed by atoms with Gasteiger partial charge in [-0.15, -0.1) is 0 Å². The topological polar surface area (TPSA) is 208 Å². The summed E-state index contributed by atoms with van der Waals surface area (Å²) in [5, 5.41) is 16.8. The van der Waals surface area contributed by atoms with Gasteiger partial charge in [-0.3, -0.25) is 19.8 Å². The Bertz CT molecular complexity index is 3010. The number of amides is 1. The van der Waals surface area contributed by atoms with Gasteiger partial charge in [0.15, 0.2) is 11.4 Å². The van der Waals surface area contributed by atoms with Gasteiger partial charge < -0.3 is 44.8 Å². The van der Waals surface area contributed by atoms with Crippen molar-refractivity contribution in [1.29, 1.82) is 0 Å². The summed E-state index contributed by atoms with van der Waals surface area (Å²) in [5.74, 6) is -0.590. The molecule has 0 bridgehead atoms. The van der Waals surface area contributed by atoms with E-state index in [1.165, 1.54) is 17.2 Å². The Morgan fingerprint density at radius 3 is 2.60 bits per heavy atom. The summed E-state index contributed by atoms with van der Waals surface area (Å²) in [5.41, 5.74) is 11.0. The summed E-state index contributed by atoms with van der Waals surface area (Å²) >= 11 is 0. The second kappa shape index (κ2) is 17.9. The zero-order valence-corrected chi connectivity index (χ0v) is 40.6. The Kier molecular flexibility index (Phi) is 11.8. The number of allylic oxidation sites excluding steroid dienone is 1. The maximum atomic E-state index is 16.1. The number of carbonyl (C=O) groups is 1. The number of nitrogens with zero attached hydrogens (tertiary/aromatic N) is 5. The molecule has 3 saturated heterocycles. The van der Waals surface area contributed by atoms with E-state index < -0.39 is 44.5 Å². The predicted molar refractivity (Wildman–Crippen MR) is 266 cm³/mol. The van der Waals surface area contributed by atoms with Crippen molar-refractivity contribution in [3.05, 3.63) is 100 Å². The first-order chi connectivity index (χ1) is 33.7. The number of hydrogen-bond acceptors (Lipinski definition) is 14. The van der Waals surface area contributed by atoms with E-state index >= 15 is 8.42 Å². The Hall–Kier alpha value is -6.21. The number of carbonyl (C=O) groups excluding carboxylic acids is 1. The van der Waals surface area contributed by atoms with Gasteiger partial charge in [-0.05, 0) is 113 Å². The number of nitrogens with two attached hydrogens (primary N) is 1. The molecule has 0 radical (unpaired) electrons. The number of hydrogen-bond donors (Lipinski definition) is 3. The van der Waals surface area contributed by atoms with Gasteiger partial charge in [-0.1, -0.05) is 36.4 Å². The number of ether oxygens (including phenoxy) is 4. The number of fused-ring (bicyclic) bond motifs is 4. The zero-order valence-electron chi connectivity index (χ0n) is 39.8. The van der Waals surface area contributed by atoms with Crippen LogP contribution in [0, 0.1) is 15.5 Å². The van der Waals surface area contributed by atoms with Crippen LogP contribution < -0.4 is 30.3 Å². The lowest BCUT2D eigenvalue weighted by molar-refractivity contribution is -0.384. The summed E-state index contributed by atoms with van der Waals surface area (Å²) in [6.45, 7) is 13.1. The monoisotopic (exact) mass is 972 g/mol. The van der Waals surface area contributed by atoms with Crippen LogP contribution in [-0.2, 0) is 19.3 Å². The second-order valence-electron chi connectivity index (χ2n) is 20.3. The van der Waals surface area contributed by atoms with E-state index in [0.29, 0.717) is 55.2 Å². The van der Waals surface area contributed by atoms with Gasteiger partial charge in [0, 0.05) is 55.5 Å². The highest BCUT2D eigenvalue weighted by atomic mass is 32.2. The predicted octanol–water partition coefficient (Wildman–Crippen LogP) is 8.31. The van der Waals surface area contributed by atoms with Gasteiger partial charge in [0.1, 0.15) is 28.9 Å². The van der Waals surface area contributed by atoms with Crippen LogP contribution in [0.4, 0.5) is 28.4 Å². The number of aromatic amines is 1. The first-order valence-electron chi connectivity index (χ1n) is 24.5. The molecule has 1 aliphatic carbocycles. The first kappa shape index (κ1) is 46.2. The lowest BCUT2D eigenvalue weighted by Gasteiger charge is -2.56. The average Bonchev–Trinajstić information content (AvgIpc) is 4.02. The highest BCUT2D eigenvalue weighted by Gasteiger charge is 2.51. The number of nitro groups is 1. The quantitative estimate of drug-likeness (QED) is 0.0794. The third-order valence-electron chi connectivity index (χ3n) is 15.5. The number of nitrogens with one attached hydrogen (secondary N) is 2. The molecule has 4 fully saturated rings. The molecule has 7 heterocycles. The fourth-order valence-corrected chi connectivity index (χ4v) is 13.8. The van der Waals surface area contributed by atoms with Crippen LogP contribution in [0.1, 0.15) is 93.2 Å². The van der Waals surface area contributed by atoms with Crippen LogP contribution in [0.3, 0.4) is 0 Å². The average molecular weight is 973 g/mol. The van der Waals surface area contributed by atoms with E-state index in [2.05, 4.69) is 57.9 Å². The number of H-pyrrole nitrogens is 1. The third kappa shape index (κ3) is 8.01. The standard InChI is InChI=1S/C52H60N8O9S/c1-30(2)36-8-5-6-9-37(36)39-10-7-18-58(39)34-25-52(26-34)15-19-57(20-16-52)41-12-11-38(49(53)61)47(59-40-14-21-66-29-45(40)69-51-43(59)22-32-13-17-54-50(32)56-51)48(41)70(64,65)35-23-42(60(62)63)46-44(24-35)68-28-33(55-46)27-67-31(3)4/h5-6,8-9,11-13,17,22-24,31,33-34,39-40,45,55H,1,7,10,14-16,18-21,25-29H2,2-4H3,(H2,53,61)(H,54,56)/t33-,39-,40+,45-/m0/s1. The molecule has 1 amide bonds. The normalized spacial score (nSPS) is 23.2. The lowest BCUT2D eigenvalue weighted by Crippen LogP contribution is -2.55. The molecule has 5 aromatic rings. The third-order valence-corrected chi connectivity index (χ3v) is 17.3. The number of primary amides is 1. The van der Waals surface area contributed by atoms with Crippen molar-refractivity contribution in [2.75, 3.05) is 61.2 Å². The first-order valence-corrected chi connectivity index (χ1v) is 26.0. The van der Waals surface area contributed by atoms with Gasteiger partial charge in [-0.2, -0.15) is 4.98 Å². The molecule has 11 rings (SSSR count). The number of rotatable bonds is 12. The van der Waals surface area contributed by atoms with Gasteiger partial charge in [0.2, 0.25) is 15.7 Å². The van der Waals surface area contributed by atoms with E-state index in [4.69, 9.17) is 29.7 Å². The highest BCUT2D eigenvalue weighted by molar-refractivity contribution is 7.91. The van der Waals surface area contributed by atoms with Gasteiger partial charge in [-0.25, -0.2) is 8.42 Å². The number of sulfone groups is 1. The van der Waals surface area contributed by atoms with Crippen LogP contribution in [-0.4, -0.2) is 111 Å². The molecule has 5 aliphatic heterocycles. The van der Waals surface area contributed by atoms with Crippen molar-refractivity contribution >= 4 is 60.8 Å². The molecule has 4 atom stereocenters. The Labute approximate surface area is 407 Å². The van der Waals surface area contributed by atoms with Crippen LogP contribution in [0.15, 0.2) is 83.2 Å². The number of benzene rings is 3. The largest absolute Gasteiger partial charge is 0.489 e. The number of aromatic nitrogens is 2. The molecular weight excluding hydrogens is 913 g/mol. The van der Waals surface area contributed by atoms with Crippen LogP contribution in [0.25, 0.3) is 16.6 Å². The minimum atomic E-state index is -4.77. The fraction of sp³-hybridized carbons (Fsp3) is 0.462. The van der Waals surface area contributed by atoms with Crippen molar-refractivity contribution in [3.63, 3.8) is 0 Å². The molecule has 368 valence electrons. The van der Waals surface area contributed by atoms with Crippen molar-refractivity contribution in [2.24, 2.45) is 11.1 Å². The van der Waals surface area contributed by atoms with E-state index in [1.54, 1.807) is 18.3 Å². The summed E-state index contributed by atoms with van der Waals surface area (Å²) < 4.78 is 56.5. The summed E-state index contributed by atoms with van der Waals surface area (Å²) in [6.07, 6.45) is 7.53.